The molecule has 0 aliphatic carbocycles. The molecule has 2 rings (SSSR count). The minimum atomic E-state index is -0.528. The Morgan fingerprint density at radius 1 is 1.60 bits per heavy atom. The minimum absolute atomic E-state index is 0.0735. The molecule has 78 valence electrons. The normalized spacial score (nSPS) is 10.5. The Morgan fingerprint density at radius 2 is 2.33 bits per heavy atom. The van der Waals surface area contributed by atoms with E-state index >= 15 is 0 Å². The molecule has 6 nitrogen and oxygen atoms in total. The van der Waals surface area contributed by atoms with Crippen LogP contribution in [0.15, 0.2) is 11.1 Å². The van der Waals surface area contributed by atoms with E-state index in [4.69, 9.17) is 16.3 Å². The van der Waals surface area contributed by atoms with Crippen molar-refractivity contribution in [1.29, 1.82) is 0 Å². The Labute approximate surface area is 88.2 Å². The van der Waals surface area contributed by atoms with Crippen molar-refractivity contribution in [3.05, 3.63) is 21.8 Å². The van der Waals surface area contributed by atoms with Gasteiger partial charge < -0.3 is 14.7 Å². The largest absolute Gasteiger partial charge is 0.421 e. The Kier molecular flexibility index (Phi) is 2.20. The fourth-order valence-corrected chi connectivity index (χ4v) is 1.42. The lowest BCUT2D eigenvalue weighted by Gasteiger charge is -1.97. The van der Waals surface area contributed by atoms with Crippen LogP contribution in [-0.4, -0.2) is 20.9 Å². The molecule has 15 heavy (non-hydrogen) atoms. The van der Waals surface area contributed by atoms with E-state index in [0.717, 1.165) is 0 Å². The minimum Gasteiger partial charge on any atom is -0.421 e. The summed E-state index contributed by atoms with van der Waals surface area (Å²) >= 11 is 5.76. The first kappa shape index (κ1) is 9.72. The third kappa shape index (κ3) is 1.59. The van der Waals surface area contributed by atoms with Crippen molar-refractivity contribution in [3.8, 4) is 5.75 Å². The number of H-pyrrole nitrogens is 2. The molecule has 0 spiro atoms. The van der Waals surface area contributed by atoms with Crippen LogP contribution < -0.4 is 10.3 Å². The van der Waals surface area contributed by atoms with Gasteiger partial charge >= 0.3 is 5.97 Å². The van der Waals surface area contributed by atoms with Crippen molar-refractivity contribution >= 4 is 28.6 Å². The number of carbonyl (C=O) groups is 1. The smallest absolute Gasteiger partial charge is 0.308 e. The van der Waals surface area contributed by atoms with E-state index < -0.39 is 5.97 Å². The van der Waals surface area contributed by atoms with Crippen LogP contribution >= 0.6 is 11.6 Å². The van der Waals surface area contributed by atoms with Gasteiger partial charge in [0.05, 0.1) is 6.33 Å². The third-order valence-corrected chi connectivity index (χ3v) is 2.01. The van der Waals surface area contributed by atoms with Crippen molar-refractivity contribution in [2.75, 3.05) is 0 Å². The third-order valence-electron chi connectivity index (χ3n) is 1.75. The molecule has 2 heterocycles. The van der Waals surface area contributed by atoms with Gasteiger partial charge in [-0.1, -0.05) is 11.6 Å². The quantitative estimate of drug-likeness (QED) is 0.707. The molecular weight excluding hydrogens is 222 g/mol. The highest BCUT2D eigenvalue weighted by atomic mass is 35.5. The highest BCUT2D eigenvalue weighted by Gasteiger charge is 2.16. The van der Waals surface area contributed by atoms with E-state index in [0.29, 0.717) is 0 Å². The van der Waals surface area contributed by atoms with Crippen LogP contribution in [-0.2, 0) is 4.79 Å². The van der Waals surface area contributed by atoms with Crippen LogP contribution in [0.2, 0.25) is 5.15 Å². The molecule has 2 aromatic heterocycles. The number of nitrogens with zero attached hydrogens (tertiary/aromatic N) is 1. The summed E-state index contributed by atoms with van der Waals surface area (Å²) in [4.78, 5) is 30.9. The van der Waals surface area contributed by atoms with E-state index in [1.165, 1.54) is 13.3 Å². The van der Waals surface area contributed by atoms with Gasteiger partial charge in [0, 0.05) is 6.92 Å². The molecule has 0 saturated heterocycles. The van der Waals surface area contributed by atoms with E-state index in [9.17, 15) is 9.59 Å². The Hall–Kier alpha value is -1.82. The first-order valence-electron chi connectivity index (χ1n) is 4.03. The summed E-state index contributed by atoms with van der Waals surface area (Å²) in [5.74, 6) is -0.454. The highest BCUT2D eigenvalue weighted by molar-refractivity contribution is 6.32. The average molecular weight is 228 g/mol. The molecule has 2 N–H and O–H groups in total. The Bertz CT molecular complexity index is 586. The zero-order chi connectivity index (χ0) is 11.0. The van der Waals surface area contributed by atoms with Gasteiger partial charge in [0.25, 0.3) is 5.56 Å². The van der Waals surface area contributed by atoms with Crippen molar-refractivity contribution in [2.45, 2.75) is 6.92 Å². The van der Waals surface area contributed by atoms with Crippen molar-refractivity contribution in [2.24, 2.45) is 0 Å². The maximum atomic E-state index is 11.3. The molecule has 2 aromatic rings. The summed E-state index contributed by atoms with van der Waals surface area (Å²) < 4.78 is 4.84. The zero-order valence-corrected chi connectivity index (χ0v) is 8.38. The van der Waals surface area contributed by atoms with Gasteiger partial charge in [-0.3, -0.25) is 9.59 Å². The number of rotatable bonds is 1. The number of aromatic amines is 2. The fraction of sp³-hybridized carbons (Fsp3) is 0.125. The number of halogens is 1. The molecule has 0 atom stereocenters. The number of esters is 1. The lowest BCUT2D eigenvalue weighted by Crippen LogP contribution is -2.06. The molecule has 0 amide bonds. The van der Waals surface area contributed by atoms with Gasteiger partial charge in [-0.25, -0.2) is 4.98 Å². The topological polar surface area (TPSA) is 87.8 Å². The monoisotopic (exact) mass is 227 g/mol. The van der Waals surface area contributed by atoms with Crippen LogP contribution in [0.3, 0.4) is 0 Å². The highest BCUT2D eigenvalue weighted by Crippen LogP contribution is 2.30. The van der Waals surface area contributed by atoms with Crippen molar-refractivity contribution in [3.63, 3.8) is 0 Å². The number of ether oxygens (including phenoxy) is 1. The van der Waals surface area contributed by atoms with E-state index in [1.54, 1.807) is 0 Å². The summed E-state index contributed by atoms with van der Waals surface area (Å²) in [6, 6.07) is 0. The second-order valence-electron chi connectivity index (χ2n) is 2.82. The summed E-state index contributed by atoms with van der Waals surface area (Å²) in [5.41, 5.74) is 0.0398. The summed E-state index contributed by atoms with van der Waals surface area (Å²) in [5, 5.41) is 0.0735. The van der Waals surface area contributed by atoms with Crippen molar-refractivity contribution in [1.82, 2.24) is 15.0 Å². The number of aromatic nitrogens is 3. The maximum absolute atomic E-state index is 11.3. The Balaban J connectivity index is 2.73. The summed E-state index contributed by atoms with van der Waals surface area (Å²) in [6.07, 6.45) is 1.21. The predicted octanol–water partition coefficient (Wildman–Crippen LogP) is 0.830. The van der Waals surface area contributed by atoms with Crippen molar-refractivity contribution < 1.29 is 9.53 Å². The molecule has 0 aliphatic rings. The zero-order valence-electron chi connectivity index (χ0n) is 7.63. The molecule has 0 bridgehead atoms. The number of hydrogen-bond acceptors (Lipinski definition) is 4. The van der Waals surface area contributed by atoms with Gasteiger partial charge in [0.1, 0.15) is 11.0 Å². The second-order valence-corrected chi connectivity index (χ2v) is 3.19. The van der Waals surface area contributed by atoms with E-state index in [2.05, 4.69) is 15.0 Å². The average Bonchev–Trinajstić information content (AvgIpc) is 2.45. The number of fused-ring (bicyclic) bond motifs is 1. The predicted molar refractivity (Wildman–Crippen MR) is 53.0 cm³/mol. The summed E-state index contributed by atoms with van der Waals surface area (Å²) in [7, 11) is 0. The van der Waals surface area contributed by atoms with Crippen LogP contribution in [0.25, 0.3) is 11.0 Å². The van der Waals surface area contributed by atoms with Crippen LogP contribution in [0.4, 0.5) is 0 Å². The van der Waals surface area contributed by atoms with Crippen LogP contribution in [0.5, 0.6) is 5.75 Å². The Morgan fingerprint density at radius 3 is 3.00 bits per heavy atom. The fourth-order valence-electron chi connectivity index (χ4n) is 1.20. The first-order chi connectivity index (χ1) is 7.09. The van der Waals surface area contributed by atoms with Crippen LogP contribution in [0.1, 0.15) is 6.92 Å². The molecule has 0 unspecified atom stereocenters. The SMILES string of the molecule is CC(=O)Oc1c(Cl)[nH]c2c(=O)[nH]cnc12. The van der Waals surface area contributed by atoms with Gasteiger partial charge in [-0.2, -0.15) is 0 Å². The lowest BCUT2D eigenvalue weighted by atomic mass is 10.4. The van der Waals surface area contributed by atoms with E-state index in [-0.39, 0.29) is 27.5 Å². The first-order valence-corrected chi connectivity index (χ1v) is 4.40. The molecule has 0 aromatic carbocycles. The lowest BCUT2D eigenvalue weighted by molar-refractivity contribution is -0.131. The number of carbonyl (C=O) groups excluding carboxylic acids is 1. The molecular formula is C8H6ClN3O3. The van der Waals surface area contributed by atoms with Gasteiger partial charge in [-0.05, 0) is 0 Å². The van der Waals surface area contributed by atoms with Gasteiger partial charge in [0.15, 0.2) is 10.9 Å². The van der Waals surface area contributed by atoms with Gasteiger partial charge in [-0.15, -0.1) is 0 Å². The molecule has 0 fully saturated rings. The molecule has 0 aliphatic heterocycles. The standard InChI is InChI=1S/C8H6ClN3O3/c1-3(13)15-6-4-5(12-7(6)9)8(14)11-2-10-4/h2,12H,1H3,(H,10,11,14). The number of nitrogens with one attached hydrogen (secondary N) is 2. The van der Waals surface area contributed by atoms with Gasteiger partial charge in [0.2, 0.25) is 0 Å². The van der Waals surface area contributed by atoms with E-state index in [1.807, 2.05) is 0 Å². The maximum Gasteiger partial charge on any atom is 0.308 e. The van der Waals surface area contributed by atoms with Crippen LogP contribution in [0, 0.1) is 0 Å². The summed E-state index contributed by atoms with van der Waals surface area (Å²) in [6.45, 7) is 1.24. The molecule has 7 heteroatoms. The molecule has 0 saturated carbocycles. The molecule has 0 radical (unpaired) electrons. The number of hydrogen-bond donors (Lipinski definition) is 2. The second kappa shape index (κ2) is 3.39.